The van der Waals surface area contributed by atoms with Gasteiger partial charge in [-0.1, -0.05) is 13.8 Å². The van der Waals surface area contributed by atoms with Crippen LogP contribution in [0.5, 0.6) is 0 Å². The summed E-state index contributed by atoms with van der Waals surface area (Å²) in [5, 5.41) is 3.36. The number of hydrogen-bond acceptors (Lipinski definition) is 3. The van der Waals surface area contributed by atoms with E-state index >= 15 is 0 Å². The van der Waals surface area contributed by atoms with Crippen LogP contribution in [-0.4, -0.2) is 11.9 Å². The molecule has 1 fully saturated rings. The van der Waals surface area contributed by atoms with Gasteiger partial charge in [0.25, 0.3) is 0 Å². The molecule has 0 aliphatic heterocycles. The van der Waals surface area contributed by atoms with Gasteiger partial charge in [0.05, 0.1) is 11.4 Å². The van der Waals surface area contributed by atoms with Crippen LogP contribution in [0.3, 0.4) is 0 Å². The van der Waals surface area contributed by atoms with E-state index in [0.29, 0.717) is 22.7 Å². The maximum atomic E-state index is 10.9. The second-order valence-electron chi connectivity index (χ2n) is 5.06. The van der Waals surface area contributed by atoms with Gasteiger partial charge in [0.2, 0.25) is 5.91 Å². The molecule has 1 amide bonds. The third kappa shape index (κ3) is 1.96. The molecule has 0 radical (unpaired) electrons. The topological polar surface area (TPSA) is 81.1 Å². The van der Waals surface area contributed by atoms with Crippen LogP contribution < -0.4 is 16.8 Å². The summed E-state index contributed by atoms with van der Waals surface area (Å²) in [5.41, 5.74) is 13.3. The van der Waals surface area contributed by atoms with Gasteiger partial charge in [-0.15, -0.1) is 0 Å². The van der Waals surface area contributed by atoms with Crippen molar-refractivity contribution >= 4 is 17.3 Å². The molecule has 0 heterocycles. The molecule has 1 unspecified atom stereocenters. The fourth-order valence-corrected chi connectivity index (χ4v) is 1.75. The van der Waals surface area contributed by atoms with Gasteiger partial charge in [0.15, 0.2) is 0 Å². The molecule has 1 aromatic carbocycles. The van der Waals surface area contributed by atoms with Crippen LogP contribution in [0.25, 0.3) is 0 Å². The predicted octanol–water partition coefficient (Wildman–Crippen LogP) is 1.58. The SMILES string of the molecule is CC1(C)CC1Nc1ccc(C(N)=O)cc1N. The molecule has 1 aliphatic carbocycles. The highest BCUT2D eigenvalue weighted by atomic mass is 16.1. The van der Waals surface area contributed by atoms with Gasteiger partial charge in [-0.25, -0.2) is 0 Å². The summed E-state index contributed by atoms with van der Waals surface area (Å²) in [7, 11) is 0. The molecular formula is C12H17N3O. The molecule has 0 saturated heterocycles. The van der Waals surface area contributed by atoms with Gasteiger partial charge in [-0.05, 0) is 30.0 Å². The summed E-state index contributed by atoms with van der Waals surface area (Å²) < 4.78 is 0. The van der Waals surface area contributed by atoms with Crippen molar-refractivity contribution < 1.29 is 4.79 Å². The summed E-state index contributed by atoms with van der Waals surface area (Å²) in [6, 6.07) is 5.58. The minimum atomic E-state index is -0.454. The zero-order valence-corrected chi connectivity index (χ0v) is 9.58. The van der Waals surface area contributed by atoms with E-state index in [-0.39, 0.29) is 0 Å². The van der Waals surface area contributed by atoms with Crippen LogP contribution >= 0.6 is 0 Å². The third-order valence-electron chi connectivity index (χ3n) is 3.18. The summed E-state index contributed by atoms with van der Waals surface area (Å²) in [6.45, 7) is 4.41. The second kappa shape index (κ2) is 3.40. The molecule has 0 aromatic heterocycles. The number of nitrogen functional groups attached to an aromatic ring is 1. The van der Waals surface area contributed by atoms with Crippen LogP contribution in [0, 0.1) is 5.41 Å². The highest BCUT2D eigenvalue weighted by Gasteiger charge is 2.45. The van der Waals surface area contributed by atoms with Gasteiger partial charge in [-0.2, -0.15) is 0 Å². The highest BCUT2D eigenvalue weighted by Crippen LogP contribution is 2.47. The molecule has 2 rings (SSSR count). The van der Waals surface area contributed by atoms with Crippen molar-refractivity contribution in [3.63, 3.8) is 0 Å². The number of amides is 1. The highest BCUT2D eigenvalue weighted by molar-refractivity contribution is 5.94. The minimum absolute atomic E-state index is 0.342. The van der Waals surface area contributed by atoms with Gasteiger partial charge in [-0.3, -0.25) is 4.79 Å². The van der Waals surface area contributed by atoms with Gasteiger partial charge in [0.1, 0.15) is 0 Å². The number of nitrogens with one attached hydrogen (secondary N) is 1. The monoisotopic (exact) mass is 219 g/mol. The van der Waals surface area contributed by atoms with Crippen LogP contribution in [-0.2, 0) is 0 Å². The Hall–Kier alpha value is -1.71. The summed E-state index contributed by atoms with van der Waals surface area (Å²) >= 11 is 0. The standard InChI is InChI=1S/C12H17N3O/c1-12(2)6-10(12)15-9-4-3-7(11(14)16)5-8(9)13/h3-5,10,15H,6,13H2,1-2H3,(H2,14,16). The van der Waals surface area contributed by atoms with E-state index in [0.717, 1.165) is 12.1 Å². The van der Waals surface area contributed by atoms with Crippen molar-refractivity contribution in [1.29, 1.82) is 0 Å². The average Bonchev–Trinajstić information content (AvgIpc) is 2.77. The van der Waals surface area contributed by atoms with Crippen LogP contribution in [0.2, 0.25) is 0 Å². The van der Waals surface area contributed by atoms with Gasteiger partial charge in [0, 0.05) is 11.6 Å². The zero-order chi connectivity index (χ0) is 11.9. The number of benzene rings is 1. The maximum Gasteiger partial charge on any atom is 0.248 e. The Morgan fingerprint density at radius 2 is 2.12 bits per heavy atom. The number of carbonyl (C=O) groups excluding carboxylic acids is 1. The Kier molecular flexibility index (Phi) is 2.30. The van der Waals surface area contributed by atoms with E-state index in [1.165, 1.54) is 0 Å². The summed E-state index contributed by atoms with van der Waals surface area (Å²) in [4.78, 5) is 10.9. The molecule has 86 valence electrons. The molecule has 0 spiro atoms. The van der Waals surface area contributed by atoms with Crippen molar-refractivity contribution in [2.24, 2.45) is 11.1 Å². The molecule has 1 saturated carbocycles. The fraction of sp³-hybridized carbons (Fsp3) is 0.417. The lowest BCUT2D eigenvalue weighted by Crippen LogP contribution is -2.13. The predicted molar refractivity (Wildman–Crippen MR) is 65.2 cm³/mol. The molecule has 1 aliphatic rings. The largest absolute Gasteiger partial charge is 0.397 e. The lowest BCUT2D eigenvalue weighted by molar-refractivity contribution is 0.100. The average molecular weight is 219 g/mol. The molecule has 4 nitrogen and oxygen atoms in total. The van der Waals surface area contributed by atoms with Gasteiger partial charge >= 0.3 is 0 Å². The van der Waals surface area contributed by atoms with Gasteiger partial charge < -0.3 is 16.8 Å². The first-order valence-corrected chi connectivity index (χ1v) is 5.36. The number of anilines is 2. The second-order valence-corrected chi connectivity index (χ2v) is 5.06. The number of primary amides is 1. The Balaban J connectivity index is 2.14. The quantitative estimate of drug-likeness (QED) is 0.675. The van der Waals surface area contributed by atoms with E-state index in [1.807, 2.05) is 6.07 Å². The summed E-state index contributed by atoms with van der Waals surface area (Å²) in [6.07, 6.45) is 1.14. The number of rotatable bonds is 3. The van der Waals surface area contributed by atoms with Crippen molar-refractivity contribution in [3.8, 4) is 0 Å². The first-order chi connectivity index (χ1) is 7.40. The van der Waals surface area contributed by atoms with E-state index < -0.39 is 5.91 Å². The van der Waals surface area contributed by atoms with Crippen molar-refractivity contribution in [1.82, 2.24) is 0 Å². The Labute approximate surface area is 95.0 Å². The molecule has 0 bridgehead atoms. The molecule has 16 heavy (non-hydrogen) atoms. The van der Waals surface area contributed by atoms with E-state index in [4.69, 9.17) is 11.5 Å². The third-order valence-corrected chi connectivity index (χ3v) is 3.18. The van der Waals surface area contributed by atoms with Crippen LogP contribution in [0.15, 0.2) is 18.2 Å². The van der Waals surface area contributed by atoms with Crippen molar-refractivity contribution in [3.05, 3.63) is 23.8 Å². The normalized spacial score (nSPS) is 21.5. The van der Waals surface area contributed by atoms with E-state index in [9.17, 15) is 4.79 Å². The molecular weight excluding hydrogens is 202 g/mol. The van der Waals surface area contributed by atoms with Crippen LogP contribution in [0.1, 0.15) is 30.6 Å². The zero-order valence-electron chi connectivity index (χ0n) is 9.58. The number of nitrogens with two attached hydrogens (primary N) is 2. The smallest absolute Gasteiger partial charge is 0.248 e. The Morgan fingerprint density at radius 3 is 2.56 bits per heavy atom. The first kappa shape index (κ1) is 10.8. The maximum absolute atomic E-state index is 10.9. The molecule has 1 atom stereocenters. The molecule has 4 heteroatoms. The minimum Gasteiger partial charge on any atom is -0.397 e. The Bertz CT molecular complexity index is 440. The lowest BCUT2D eigenvalue weighted by Gasteiger charge is -2.11. The summed E-state index contributed by atoms with van der Waals surface area (Å²) in [5.74, 6) is -0.454. The van der Waals surface area contributed by atoms with Crippen molar-refractivity contribution in [2.75, 3.05) is 11.1 Å². The molecule has 1 aromatic rings. The van der Waals surface area contributed by atoms with Crippen LogP contribution in [0.4, 0.5) is 11.4 Å². The number of hydrogen-bond donors (Lipinski definition) is 3. The number of carbonyl (C=O) groups is 1. The molecule has 5 N–H and O–H groups in total. The van der Waals surface area contributed by atoms with E-state index in [1.54, 1.807) is 12.1 Å². The Morgan fingerprint density at radius 1 is 1.50 bits per heavy atom. The fourth-order valence-electron chi connectivity index (χ4n) is 1.75. The lowest BCUT2D eigenvalue weighted by atomic mass is 10.1. The first-order valence-electron chi connectivity index (χ1n) is 5.36. The van der Waals surface area contributed by atoms with E-state index in [2.05, 4.69) is 19.2 Å². The van der Waals surface area contributed by atoms with Crippen molar-refractivity contribution in [2.45, 2.75) is 26.3 Å².